The van der Waals surface area contributed by atoms with Crippen LogP contribution in [0.25, 0.3) is 0 Å². The number of benzene rings is 2. The van der Waals surface area contributed by atoms with Gasteiger partial charge in [-0.1, -0.05) is 51.1 Å². The lowest BCUT2D eigenvalue weighted by Crippen LogP contribution is -2.42. The number of esters is 1. The van der Waals surface area contributed by atoms with Crippen molar-refractivity contribution in [3.05, 3.63) is 77.0 Å². The van der Waals surface area contributed by atoms with Crippen LogP contribution in [0, 0.1) is 0 Å². The lowest BCUT2D eigenvalue weighted by Gasteiger charge is -2.37. The van der Waals surface area contributed by atoms with Gasteiger partial charge in [-0.05, 0) is 55.7 Å². The maximum atomic E-state index is 12.1. The summed E-state index contributed by atoms with van der Waals surface area (Å²) in [6.07, 6.45) is 1.28. The lowest BCUT2D eigenvalue weighted by molar-refractivity contribution is 0.00952. The molecule has 1 atom stereocenters. The highest BCUT2D eigenvalue weighted by Crippen LogP contribution is 2.39. The fourth-order valence-electron chi connectivity index (χ4n) is 4.06. The molecule has 4 rings (SSSR count). The van der Waals surface area contributed by atoms with Gasteiger partial charge in [-0.3, -0.25) is 0 Å². The fraction of sp³-hybridized carbons (Fsp3) is 0.379. The Labute approximate surface area is 230 Å². The van der Waals surface area contributed by atoms with Crippen LogP contribution in [0.5, 0.6) is 0 Å². The van der Waals surface area contributed by atoms with Crippen molar-refractivity contribution in [3.63, 3.8) is 0 Å². The third-order valence-corrected chi connectivity index (χ3v) is 11.9. The summed E-state index contributed by atoms with van der Waals surface area (Å²) in [5.41, 5.74) is 2.06. The summed E-state index contributed by atoms with van der Waals surface area (Å²) >= 11 is 0. The number of aromatic carboxylic acids is 1. The minimum absolute atomic E-state index is 0.0204. The van der Waals surface area contributed by atoms with Crippen LogP contribution in [0.15, 0.2) is 54.7 Å². The first-order valence-corrected chi connectivity index (χ1v) is 15.8. The Morgan fingerprint density at radius 1 is 1.15 bits per heavy atom. The number of fused-ring (bicyclic) bond motifs is 1. The second-order valence-electron chi connectivity index (χ2n) is 11.7. The number of carboxylic acid groups (broad SMARTS) is 1. The van der Waals surface area contributed by atoms with E-state index in [0.717, 1.165) is 11.1 Å². The summed E-state index contributed by atoms with van der Waals surface area (Å²) in [6.45, 7) is 14.9. The molecule has 0 unspecified atom stereocenters. The second-order valence-corrected chi connectivity index (χ2v) is 16.5. The summed E-state index contributed by atoms with van der Waals surface area (Å²) in [5, 5.41) is 16.3. The van der Waals surface area contributed by atoms with Crippen molar-refractivity contribution in [3.8, 4) is 0 Å². The molecular weight excluding hydrogens is 512 g/mol. The molecule has 1 aromatic heterocycles. The van der Waals surface area contributed by atoms with E-state index in [0.29, 0.717) is 17.9 Å². The molecule has 0 fully saturated rings. The van der Waals surface area contributed by atoms with Gasteiger partial charge in [-0.2, -0.15) is 4.98 Å². The van der Waals surface area contributed by atoms with Gasteiger partial charge in [0.1, 0.15) is 17.0 Å². The van der Waals surface area contributed by atoms with Crippen LogP contribution < -0.4 is 10.6 Å². The topological polar surface area (TPSA) is 123 Å². The fourth-order valence-corrected chi connectivity index (χ4v) is 5.07. The molecular formula is C29H36N4O5Si. The van der Waals surface area contributed by atoms with Gasteiger partial charge in [0.15, 0.2) is 8.32 Å². The molecule has 2 aromatic carbocycles. The Morgan fingerprint density at radius 3 is 2.49 bits per heavy atom. The molecule has 9 nitrogen and oxygen atoms in total. The highest BCUT2D eigenvalue weighted by Gasteiger charge is 2.39. The molecule has 39 heavy (non-hydrogen) atoms. The molecule has 0 amide bonds. The summed E-state index contributed by atoms with van der Waals surface area (Å²) in [6, 6.07) is 14.7. The first-order chi connectivity index (χ1) is 18.2. The quantitative estimate of drug-likeness (QED) is 0.203. The number of carbonyl (C=O) groups excluding carboxylic acids is 1. The minimum atomic E-state index is -2.08. The number of ether oxygens (including phenoxy) is 1. The lowest BCUT2D eigenvalue weighted by atomic mass is 9.95. The summed E-state index contributed by atoms with van der Waals surface area (Å²) < 4.78 is 12.0. The summed E-state index contributed by atoms with van der Waals surface area (Å²) in [5.74, 6) is -1.12. The number of aromatic nitrogens is 2. The van der Waals surface area contributed by atoms with Gasteiger partial charge in [0, 0.05) is 17.4 Å². The molecule has 0 bridgehead atoms. The highest BCUT2D eigenvalue weighted by molar-refractivity contribution is 6.74. The monoisotopic (exact) mass is 548 g/mol. The molecule has 0 aliphatic carbocycles. The normalized spacial score (nSPS) is 15.3. The second kappa shape index (κ2) is 10.4. The van der Waals surface area contributed by atoms with Gasteiger partial charge < -0.3 is 24.9 Å². The Hall–Kier alpha value is -3.76. The van der Waals surface area contributed by atoms with Crippen LogP contribution in [0.4, 0.5) is 17.5 Å². The zero-order valence-corrected chi connectivity index (χ0v) is 24.5. The van der Waals surface area contributed by atoms with Crippen LogP contribution in [0.1, 0.15) is 72.5 Å². The van der Waals surface area contributed by atoms with Crippen LogP contribution in [-0.4, -0.2) is 41.9 Å². The first kappa shape index (κ1) is 28.3. The van der Waals surface area contributed by atoms with Crippen molar-refractivity contribution in [2.75, 3.05) is 17.2 Å². The first-order valence-electron chi connectivity index (χ1n) is 12.9. The molecule has 3 aromatic rings. The highest BCUT2D eigenvalue weighted by atomic mass is 28.4. The van der Waals surface area contributed by atoms with Crippen molar-refractivity contribution in [1.29, 1.82) is 0 Å². The van der Waals surface area contributed by atoms with Crippen LogP contribution in [0.3, 0.4) is 0 Å². The van der Waals surface area contributed by atoms with Crippen molar-refractivity contribution < 1.29 is 23.9 Å². The van der Waals surface area contributed by atoms with E-state index in [1.54, 1.807) is 12.1 Å². The molecule has 10 heteroatoms. The number of carbonyl (C=O) groups is 2. The third kappa shape index (κ3) is 6.12. The van der Waals surface area contributed by atoms with E-state index in [9.17, 15) is 14.7 Å². The number of hydrogen-bond acceptors (Lipinski definition) is 8. The predicted octanol–water partition coefficient (Wildman–Crippen LogP) is 6.50. The molecule has 0 saturated heterocycles. The SMILES string of the molecule is CC1(C)OC(=O)c2ccc(Nc3ncc(C(=O)O)c(N[C@H](CO[Si](C)(C)C(C)(C)C)c4ccccc4)n3)cc21. The smallest absolute Gasteiger partial charge is 0.341 e. The average Bonchev–Trinajstić information content (AvgIpc) is 3.09. The van der Waals surface area contributed by atoms with Crippen LogP contribution in [-0.2, 0) is 14.8 Å². The molecule has 206 valence electrons. The molecule has 1 aliphatic rings. The zero-order chi connectivity index (χ0) is 28.6. The maximum absolute atomic E-state index is 12.1. The van der Waals surface area contributed by atoms with E-state index in [2.05, 4.69) is 54.5 Å². The third-order valence-electron chi connectivity index (χ3n) is 7.44. The number of nitrogens with zero attached hydrogens (tertiary/aromatic N) is 2. The van der Waals surface area contributed by atoms with E-state index in [4.69, 9.17) is 9.16 Å². The van der Waals surface area contributed by atoms with E-state index in [1.165, 1.54) is 6.20 Å². The Kier molecular flexibility index (Phi) is 7.55. The molecule has 0 radical (unpaired) electrons. The van der Waals surface area contributed by atoms with Crippen LogP contribution in [0.2, 0.25) is 18.1 Å². The predicted molar refractivity (Wildman–Crippen MR) is 153 cm³/mol. The molecule has 0 saturated carbocycles. The average molecular weight is 549 g/mol. The largest absolute Gasteiger partial charge is 0.477 e. The minimum Gasteiger partial charge on any atom is -0.477 e. The van der Waals surface area contributed by atoms with Gasteiger partial charge in [-0.15, -0.1) is 0 Å². The number of nitrogens with one attached hydrogen (secondary N) is 2. The van der Waals surface area contributed by atoms with Crippen molar-refractivity contribution in [2.45, 2.75) is 64.4 Å². The molecule has 3 N–H and O–H groups in total. The summed E-state index contributed by atoms with van der Waals surface area (Å²) in [4.78, 5) is 33.0. The van der Waals surface area contributed by atoms with Crippen molar-refractivity contribution in [1.82, 2.24) is 9.97 Å². The van der Waals surface area contributed by atoms with Gasteiger partial charge in [0.2, 0.25) is 5.95 Å². The number of anilines is 3. The van der Waals surface area contributed by atoms with Crippen molar-refractivity contribution >= 4 is 37.7 Å². The number of rotatable bonds is 9. The van der Waals surface area contributed by atoms with E-state index in [-0.39, 0.29) is 34.4 Å². The number of hydrogen-bond donors (Lipinski definition) is 3. The zero-order valence-electron chi connectivity index (χ0n) is 23.5. The van der Waals surface area contributed by atoms with Crippen LogP contribution >= 0.6 is 0 Å². The van der Waals surface area contributed by atoms with Gasteiger partial charge in [-0.25, -0.2) is 14.6 Å². The Morgan fingerprint density at radius 2 is 1.85 bits per heavy atom. The van der Waals surface area contributed by atoms with E-state index < -0.39 is 19.9 Å². The molecule has 0 spiro atoms. The van der Waals surface area contributed by atoms with Gasteiger partial charge >= 0.3 is 11.9 Å². The maximum Gasteiger partial charge on any atom is 0.341 e. The Balaban J connectivity index is 1.64. The number of carboxylic acids is 1. The van der Waals surface area contributed by atoms with Crippen molar-refractivity contribution in [2.24, 2.45) is 0 Å². The standard InChI is InChI=1S/C29H36N4O5Si/c1-28(2,3)39(6,7)37-17-23(18-11-9-8-10-12-18)32-24-21(25(34)35)16-30-27(33-24)31-19-13-14-20-22(15-19)29(4,5)38-26(20)36/h8-16,23H,17H2,1-7H3,(H,34,35)(H2,30,31,32,33)/t23-/m1/s1. The van der Waals surface area contributed by atoms with E-state index >= 15 is 0 Å². The van der Waals surface area contributed by atoms with E-state index in [1.807, 2.05) is 50.2 Å². The Bertz CT molecular complexity index is 1390. The molecule has 1 aliphatic heterocycles. The number of cyclic esters (lactones) is 1. The van der Waals surface area contributed by atoms with Gasteiger partial charge in [0.05, 0.1) is 18.2 Å². The van der Waals surface area contributed by atoms with Gasteiger partial charge in [0.25, 0.3) is 0 Å². The molecule has 2 heterocycles. The summed E-state index contributed by atoms with van der Waals surface area (Å²) in [7, 11) is -2.08.